The van der Waals surface area contributed by atoms with E-state index in [0.717, 1.165) is 28.7 Å². The summed E-state index contributed by atoms with van der Waals surface area (Å²) in [5.74, 6) is -1.23. The van der Waals surface area contributed by atoms with Crippen LogP contribution in [0.15, 0.2) is 44.7 Å². The lowest BCUT2D eigenvalue weighted by Gasteiger charge is -2.33. The SMILES string of the molecule is COc1ccc(F)cc1[C@H](Cn1c(=O)n(C(C)(C)C(=O)O)c(=O)c2c(C)c(-c3ncco3)sc21)OC1C[C@H]2CC[C@@H](C1)O2. The van der Waals surface area contributed by atoms with Gasteiger partial charge in [-0.15, -0.1) is 11.3 Å². The van der Waals surface area contributed by atoms with E-state index in [2.05, 4.69) is 4.98 Å². The van der Waals surface area contributed by atoms with Crippen LogP contribution in [0.1, 0.15) is 56.8 Å². The third kappa shape index (κ3) is 5.08. The van der Waals surface area contributed by atoms with Crippen molar-refractivity contribution >= 4 is 27.5 Å². The van der Waals surface area contributed by atoms with Gasteiger partial charge in [0, 0.05) is 5.56 Å². The van der Waals surface area contributed by atoms with Crippen LogP contribution in [0, 0.1) is 12.7 Å². The Balaban J connectivity index is 1.57. The Bertz CT molecular complexity index is 1800. The summed E-state index contributed by atoms with van der Waals surface area (Å²) in [5, 5.41) is 10.2. The number of methoxy groups -OCH3 is 1. The van der Waals surface area contributed by atoms with Gasteiger partial charge >= 0.3 is 11.7 Å². The van der Waals surface area contributed by atoms with Gasteiger partial charge in [0.25, 0.3) is 5.56 Å². The van der Waals surface area contributed by atoms with Crippen LogP contribution in [0.5, 0.6) is 5.75 Å². The number of oxazole rings is 1. The summed E-state index contributed by atoms with van der Waals surface area (Å²) in [4.78, 5) is 45.5. The molecule has 2 fully saturated rings. The van der Waals surface area contributed by atoms with Gasteiger partial charge in [-0.3, -0.25) is 9.36 Å². The van der Waals surface area contributed by atoms with Crippen molar-refractivity contribution < 1.29 is 32.9 Å². The van der Waals surface area contributed by atoms with Gasteiger partial charge in [0.2, 0.25) is 5.89 Å². The number of halogens is 1. The number of carboxylic acids is 1. The Labute approximate surface area is 249 Å². The average Bonchev–Trinajstić information content (AvgIpc) is 3.69. The fourth-order valence-electron chi connectivity index (χ4n) is 6.13. The second-order valence-corrected chi connectivity index (χ2v) is 12.5. The summed E-state index contributed by atoms with van der Waals surface area (Å²) in [7, 11) is 1.47. The quantitative estimate of drug-likeness (QED) is 0.287. The highest BCUT2D eigenvalue weighted by atomic mass is 32.1. The average molecular weight is 614 g/mol. The maximum Gasteiger partial charge on any atom is 0.333 e. The van der Waals surface area contributed by atoms with Crippen LogP contribution in [0.2, 0.25) is 0 Å². The van der Waals surface area contributed by atoms with Crippen LogP contribution in [-0.4, -0.2) is 50.6 Å². The molecule has 1 aromatic carbocycles. The minimum atomic E-state index is -1.88. The first-order valence-electron chi connectivity index (χ1n) is 14.1. The molecule has 228 valence electrons. The second kappa shape index (κ2) is 11.0. The Morgan fingerprint density at radius 2 is 1.98 bits per heavy atom. The van der Waals surface area contributed by atoms with Crippen molar-refractivity contribution in [2.24, 2.45) is 0 Å². The van der Waals surface area contributed by atoms with E-state index in [4.69, 9.17) is 18.6 Å². The summed E-state index contributed by atoms with van der Waals surface area (Å²) >= 11 is 1.14. The van der Waals surface area contributed by atoms with E-state index in [1.807, 2.05) is 0 Å². The monoisotopic (exact) mass is 613 g/mol. The number of hydrogen-bond acceptors (Lipinski definition) is 9. The van der Waals surface area contributed by atoms with Gasteiger partial charge in [-0.05, 0) is 70.2 Å². The summed E-state index contributed by atoms with van der Waals surface area (Å²) in [6, 6.07) is 4.09. The number of fused-ring (bicyclic) bond motifs is 3. The number of carboxylic acid groups (broad SMARTS) is 1. The molecule has 0 saturated carbocycles. The maximum atomic E-state index is 14.7. The highest BCUT2D eigenvalue weighted by Gasteiger charge is 2.39. The standard InChI is InChI=1S/C30H32FN3O8S/c1-15-23-26(35)34(30(2,3)28(36)37)29(38)33(27(23)43-24(15)25-32-9-10-40-25)14-22(20-11-16(31)5-8-21(20)39-4)42-19-12-17-6-7-18(13-19)41-17/h5,8-11,17-19,22H,6-7,12-14H2,1-4H3,(H,36,37)/t17-,18+,19?,22-/m0/s1. The van der Waals surface area contributed by atoms with Crippen LogP contribution in [0.25, 0.3) is 21.0 Å². The number of thiophene rings is 1. The summed E-state index contributed by atoms with van der Waals surface area (Å²) in [6.45, 7) is 4.15. The number of ether oxygens (including phenoxy) is 3. The highest BCUT2D eigenvalue weighted by Crippen LogP contribution is 2.40. The lowest BCUT2D eigenvalue weighted by atomic mass is 10.0. The van der Waals surface area contributed by atoms with Gasteiger partial charge in [0.05, 0.1) is 48.4 Å². The highest BCUT2D eigenvalue weighted by molar-refractivity contribution is 7.22. The molecule has 2 saturated heterocycles. The third-order valence-corrected chi connectivity index (χ3v) is 9.72. The van der Waals surface area contributed by atoms with Crippen molar-refractivity contribution in [1.29, 1.82) is 0 Å². The normalized spacial score (nSPS) is 20.9. The number of hydrogen-bond donors (Lipinski definition) is 1. The molecular formula is C30H32FN3O8S. The van der Waals surface area contributed by atoms with Gasteiger partial charge in [0.1, 0.15) is 34.3 Å². The van der Waals surface area contributed by atoms with E-state index in [0.29, 0.717) is 39.4 Å². The van der Waals surface area contributed by atoms with Crippen molar-refractivity contribution in [3.8, 4) is 16.5 Å². The molecular weight excluding hydrogens is 581 g/mol. The molecule has 1 N–H and O–H groups in total. The zero-order valence-corrected chi connectivity index (χ0v) is 25.0. The summed E-state index contributed by atoms with van der Waals surface area (Å²) in [6.07, 6.45) is 5.05. The second-order valence-electron chi connectivity index (χ2n) is 11.5. The number of rotatable bonds is 9. The third-order valence-electron chi connectivity index (χ3n) is 8.41. The molecule has 6 rings (SSSR count). The molecule has 13 heteroatoms. The van der Waals surface area contributed by atoms with E-state index in [-0.39, 0.29) is 36.1 Å². The minimum absolute atomic E-state index is 0.0646. The van der Waals surface area contributed by atoms with Gasteiger partial charge in [-0.1, -0.05) is 0 Å². The van der Waals surface area contributed by atoms with Crippen molar-refractivity contribution in [2.75, 3.05) is 7.11 Å². The van der Waals surface area contributed by atoms with E-state index in [1.165, 1.54) is 56.2 Å². The molecule has 1 unspecified atom stereocenters. The number of aliphatic carboxylic acids is 1. The van der Waals surface area contributed by atoms with Crippen LogP contribution < -0.4 is 16.0 Å². The van der Waals surface area contributed by atoms with Crippen molar-refractivity contribution in [3.63, 3.8) is 0 Å². The van der Waals surface area contributed by atoms with Crippen LogP contribution in [-0.2, 0) is 26.4 Å². The van der Waals surface area contributed by atoms with Crippen molar-refractivity contribution in [2.45, 2.75) is 83.0 Å². The van der Waals surface area contributed by atoms with Crippen LogP contribution >= 0.6 is 11.3 Å². The topological polar surface area (TPSA) is 135 Å². The number of benzene rings is 1. The predicted octanol–water partition coefficient (Wildman–Crippen LogP) is 4.62. The number of nitrogens with zero attached hydrogens (tertiary/aromatic N) is 3. The molecule has 0 spiro atoms. The molecule has 4 atom stereocenters. The first-order valence-corrected chi connectivity index (χ1v) is 14.9. The van der Waals surface area contributed by atoms with Gasteiger partial charge < -0.3 is 23.7 Å². The Morgan fingerprint density at radius 1 is 1.26 bits per heavy atom. The predicted molar refractivity (Wildman–Crippen MR) is 155 cm³/mol. The molecule has 43 heavy (non-hydrogen) atoms. The fourth-order valence-corrected chi connectivity index (χ4v) is 7.37. The van der Waals surface area contributed by atoms with E-state index < -0.39 is 34.7 Å². The van der Waals surface area contributed by atoms with E-state index in [9.17, 15) is 23.9 Å². The van der Waals surface area contributed by atoms with E-state index in [1.54, 1.807) is 6.92 Å². The Hall–Kier alpha value is -3.81. The lowest BCUT2D eigenvalue weighted by molar-refractivity contribution is -0.146. The molecule has 5 heterocycles. The molecule has 2 aliphatic heterocycles. The molecule has 2 aliphatic rings. The van der Waals surface area contributed by atoms with Crippen LogP contribution in [0.4, 0.5) is 4.39 Å². The van der Waals surface area contributed by atoms with Gasteiger partial charge in [0.15, 0.2) is 0 Å². The summed E-state index contributed by atoms with van der Waals surface area (Å²) < 4.78 is 40.5. The first-order chi connectivity index (χ1) is 20.5. The maximum absolute atomic E-state index is 14.7. The molecule has 4 aromatic rings. The molecule has 0 amide bonds. The minimum Gasteiger partial charge on any atom is -0.496 e. The van der Waals surface area contributed by atoms with Crippen molar-refractivity contribution in [3.05, 3.63) is 68.4 Å². The summed E-state index contributed by atoms with van der Waals surface area (Å²) in [5.41, 5.74) is -2.57. The number of carbonyl (C=O) groups is 1. The number of aryl methyl sites for hydroxylation is 1. The molecule has 3 aromatic heterocycles. The molecule has 2 bridgehead atoms. The van der Waals surface area contributed by atoms with E-state index >= 15 is 0 Å². The zero-order valence-electron chi connectivity index (χ0n) is 24.2. The first kappa shape index (κ1) is 29.3. The molecule has 11 nitrogen and oxygen atoms in total. The van der Waals surface area contributed by atoms with Crippen molar-refractivity contribution in [1.82, 2.24) is 14.1 Å². The van der Waals surface area contributed by atoms with Gasteiger partial charge in [-0.25, -0.2) is 23.5 Å². The molecule has 0 radical (unpaired) electrons. The van der Waals surface area contributed by atoms with Crippen LogP contribution in [0.3, 0.4) is 0 Å². The fraction of sp³-hybridized carbons (Fsp3) is 0.467. The zero-order chi connectivity index (χ0) is 30.6. The molecule has 0 aliphatic carbocycles. The van der Waals surface area contributed by atoms with Gasteiger partial charge in [-0.2, -0.15) is 0 Å². The smallest absolute Gasteiger partial charge is 0.333 e. The largest absolute Gasteiger partial charge is 0.496 e. The Morgan fingerprint density at radius 3 is 2.60 bits per heavy atom. The number of aromatic nitrogens is 3. The Kier molecular flexibility index (Phi) is 7.51. The lowest BCUT2D eigenvalue weighted by Crippen LogP contribution is -2.52.